The van der Waals surface area contributed by atoms with Crippen LogP contribution in [0.2, 0.25) is 0 Å². The third-order valence-corrected chi connectivity index (χ3v) is 3.26. The molecule has 0 saturated carbocycles. The van der Waals surface area contributed by atoms with Crippen LogP contribution in [0.4, 0.5) is 5.95 Å². The van der Waals surface area contributed by atoms with Gasteiger partial charge in [-0.3, -0.25) is 0 Å². The number of anilines is 1. The number of ether oxygens (including phenoxy) is 1. The molecule has 1 aliphatic heterocycles. The van der Waals surface area contributed by atoms with Crippen LogP contribution >= 0.6 is 0 Å². The SMILES string of the molecule is CCCOc1ccccc1[C@H]1C=C(C(=O)O)Nc2nnnn21. The van der Waals surface area contributed by atoms with Gasteiger partial charge in [0.15, 0.2) is 0 Å². The Hall–Kier alpha value is -2.90. The van der Waals surface area contributed by atoms with Crippen molar-refractivity contribution in [2.75, 3.05) is 11.9 Å². The molecule has 2 heterocycles. The van der Waals surface area contributed by atoms with Crippen molar-refractivity contribution in [2.24, 2.45) is 0 Å². The fraction of sp³-hybridized carbons (Fsp3) is 0.286. The van der Waals surface area contributed by atoms with Gasteiger partial charge in [0.2, 0.25) is 5.95 Å². The highest BCUT2D eigenvalue weighted by atomic mass is 16.5. The van der Waals surface area contributed by atoms with Crippen LogP contribution in [0, 0.1) is 0 Å². The molecule has 2 N–H and O–H groups in total. The van der Waals surface area contributed by atoms with E-state index in [9.17, 15) is 9.90 Å². The summed E-state index contributed by atoms with van der Waals surface area (Å²) in [7, 11) is 0. The number of carbonyl (C=O) groups is 1. The van der Waals surface area contributed by atoms with Gasteiger partial charge in [0, 0.05) is 5.56 Å². The van der Waals surface area contributed by atoms with E-state index in [4.69, 9.17) is 4.74 Å². The van der Waals surface area contributed by atoms with Gasteiger partial charge in [-0.2, -0.15) is 4.68 Å². The zero-order valence-corrected chi connectivity index (χ0v) is 11.9. The molecule has 1 aliphatic rings. The molecule has 0 unspecified atom stereocenters. The fourth-order valence-corrected chi connectivity index (χ4v) is 2.27. The van der Waals surface area contributed by atoms with Crippen molar-refractivity contribution in [2.45, 2.75) is 19.4 Å². The molecule has 1 atom stereocenters. The van der Waals surface area contributed by atoms with Crippen molar-refractivity contribution in [1.82, 2.24) is 20.2 Å². The number of rotatable bonds is 5. The molecular formula is C14H15N5O3. The number of allylic oxidation sites excluding steroid dienone is 1. The second kappa shape index (κ2) is 5.84. The standard InChI is InChI=1S/C14H15N5O3/c1-2-7-22-12-6-4-3-5-9(12)11-8-10(13(20)21)15-14-16-17-18-19(11)14/h3-6,8,11H,2,7H2,1H3,(H,20,21)(H,15,16,18)/t11-/m1/s1. The molecule has 1 aromatic heterocycles. The van der Waals surface area contributed by atoms with Crippen molar-refractivity contribution >= 4 is 11.9 Å². The molecule has 0 spiro atoms. The van der Waals surface area contributed by atoms with Crippen LogP contribution in [-0.4, -0.2) is 37.9 Å². The summed E-state index contributed by atoms with van der Waals surface area (Å²) >= 11 is 0. The van der Waals surface area contributed by atoms with E-state index in [2.05, 4.69) is 20.8 Å². The normalized spacial score (nSPS) is 16.4. The minimum absolute atomic E-state index is 0.0394. The zero-order valence-electron chi connectivity index (χ0n) is 11.9. The predicted molar refractivity (Wildman–Crippen MR) is 77.5 cm³/mol. The topological polar surface area (TPSA) is 102 Å². The second-order valence-electron chi connectivity index (χ2n) is 4.79. The molecule has 0 radical (unpaired) electrons. The maximum absolute atomic E-state index is 11.3. The van der Waals surface area contributed by atoms with E-state index in [0.717, 1.165) is 12.0 Å². The first-order valence-corrected chi connectivity index (χ1v) is 6.92. The first-order chi connectivity index (χ1) is 10.7. The number of para-hydroxylation sites is 1. The summed E-state index contributed by atoms with van der Waals surface area (Å²) in [5.74, 6) is -0.0832. The molecular weight excluding hydrogens is 286 g/mol. The molecule has 0 saturated heterocycles. The Bertz CT molecular complexity index is 725. The van der Waals surface area contributed by atoms with E-state index in [-0.39, 0.29) is 11.6 Å². The van der Waals surface area contributed by atoms with Crippen LogP contribution in [0.5, 0.6) is 5.75 Å². The van der Waals surface area contributed by atoms with Crippen molar-refractivity contribution in [3.8, 4) is 5.75 Å². The Morgan fingerprint density at radius 3 is 3.05 bits per heavy atom. The number of aliphatic carboxylic acids is 1. The fourth-order valence-electron chi connectivity index (χ4n) is 2.27. The average Bonchev–Trinajstić information content (AvgIpc) is 3.00. The quantitative estimate of drug-likeness (QED) is 0.861. The maximum Gasteiger partial charge on any atom is 0.352 e. The number of hydrogen-bond acceptors (Lipinski definition) is 6. The Morgan fingerprint density at radius 2 is 2.27 bits per heavy atom. The minimum Gasteiger partial charge on any atom is -0.493 e. The van der Waals surface area contributed by atoms with Gasteiger partial charge in [0.1, 0.15) is 17.5 Å². The van der Waals surface area contributed by atoms with Crippen molar-refractivity contribution in [3.63, 3.8) is 0 Å². The number of hydrogen-bond donors (Lipinski definition) is 2. The largest absolute Gasteiger partial charge is 0.493 e. The molecule has 0 bridgehead atoms. The van der Waals surface area contributed by atoms with Crippen molar-refractivity contribution in [3.05, 3.63) is 41.6 Å². The number of nitrogens with one attached hydrogen (secondary N) is 1. The molecule has 0 aliphatic carbocycles. The van der Waals surface area contributed by atoms with E-state index >= 15 is 0 Å². The van der Waals surface area contributed by atoms with Crippen LogP contribution in [0.3, 0.4) is 0 Å². The number of carboxylic acids is 1. The second-order valence-corrected chi connectivity index (χ2v) is 4.79. The van der Waals surface area contributed by atoms with Gasteiger partial charge in [0.05, 0.1) is 6.61 Å². The summed E-state index contributed by atoms with van der Waals surface area (Å²) in [6.07, 6.45) is 2.45. The summed E-state index contributed by atoms with van der Waals surface area (Å²) in [6.45, 7) is 2.61. The van der Waals surface area contributed by atoms with Gasteiger partial charge in [-0.25, -0.2) is 4.79 Å². The van der Waals surface area contributed by atoms with Crippen LogP contribution in [0.25, 0.3) is 0 Å². The van der Waals surface area contributed by atoms with Crippen LogP contribution < -0.4 is 10.1 Å². The van der Waals surface area contributed by atoms with Crippen LogP contribution in [0.15, 0.2) is 36.0 Å². The van der Waals surface area contributed by atoms with Gasteiger partial charge >= 0.3 is 5.97 Å². The summed E-state index contributed by atoms with van der Waals surface area (Å²) in [5.41, 5.74) is 0.849. The monoisotopic (exact) mass is 301 g/mol. The summed E-state index contributed by atoms with van der Waals surface area (Å²) in [5, 5.41) is 23.3. The van der Waals surface area contributed by atoms with Crippen molar-refractivity contribution in [1.29, 1.82) is 0 Å². The number of aromatic nitrogens is 4. The molecule has 2 aromatic rings. The number of fused-ring (bicyclic) bond motifs is 1. The Kier molecular flexibility index (Phi) is 3.73. The Balaban J connectivity index is 2.05. The number of tetrazole rings is 1. The molecule has 8 nitrogen and oxygen atoms in total. The smallest absolute Gasteiger partial charge is 0.352 e. The lowest BCUT2D eigenvalue weighted by molar-refractivity contribution is -0.132. The molecule has 0 amide bonds. The predicted octanol–water partition coefficient (Wildman–Crippen LogP) is 1.45. The molecule has 3 rings (SSSR count). The molecule has 1 aromatic carbocycles. The highest BCUT2D eigenvalue weighted by molar-refractivity contribution is 5.90. The first kappa shape index (κ1) is 14.1. The molecule has 8 heteroatoms. The molecule has 114 valence electrons. The third-order valence-electron chi connectivity index (χ3n) is 3.26. The lowest BCUT2D eigenvalue weighted by Gasteiger charge is -2.23. The zero-order chi connectivity index (χ0) is 15.5. The third kappa shape index (κ3) is 2.50. The van der Waals surface area contributed by atoms with E-state index in [1.807, 2.05) is 31.2 Å². The lowest BCUT2D eigenvalue weighted by atomic mass is 10.0. The Labute approximate surface area is 126 Å². The van der Waals surface area contributed by atoms with Crippen molar-refractivity contribution < 1.29 is 14.6 Å². The van der Waals surface area contributed by atoms with E-state index in [1.165, 1.54) is 4.68 Å². The number of nitrogens with zero attached hydrogens (tertiary/aromatic N) is 4. The lowest BCUT2D eigenvalue weighted by Crippen LogP contribution is -2.24. The summed E-state index contributed by atoms with van der Waals surface area (Å²) < 4.78 is 7.28. The van der Waals surface area contributed by atoms with Gasteiger partial charge < -0.3 is 15.2 Å². The van der Waals surface area contributed by atoms with Crippen LogP contribution in [0.1, 0.15) is 24.9 Å². The summed E-state index contributed by atoms with van der Waals surface area (Å²) in [6, 6.07) is 7.03. The summed E-state index contributed by atoms with van der Waals surface area (Å²) in [4.78, 5) is 11.3. The van der Waals surface area contributed by atoms with Gasteiger partial charge in [-0.05, 0) is 29.0 Å². The number of benzene rings is 1. The minimum atomic E-state index is -1.06. The van der Waals surface area contributed by atoms with Gasteiger partial charge in [0.25, 0.3) is 0 Å². The van der Waals surface area contributed by atoms with E-state index < -0.39 is 12.0 Å². The van der Waals surface area contributed by atoms with E-state index in [1.54, 1.807) is 6.08 Å². The van der Waals surface area contributed by atoms with Gasteiger partial charge in [-0.1, -0.05) is 30.2 Å². The highest BCUT2D eigenvalue weighted by Crippen LogP contribution is 2.33. The maximum atomic E-state index is 11.3. The molecule has 22 heavy (non-hydrogen) atoms. The molecule has 0 fully saturated rings. The first-order valence-electron chi connectivity index (χ1n) is 6.92. The van der Waals surface area contributed by atoms with Crippen LogP contribution in [-0.2, 0) is 4.79 Å². The highest BCUT2D eigenvalue weighted by Gasteiger charge is 2.28. The van der Waals surface area contributed by atoms with Gasteiger partial charge in [-0.15, -0.1) is 0 Å². The average molecular weight is 301 g/mol. The Morgan fingerprint density at radius 1 is 1.45 bits per heavy atom. The van der Waals surface area contributed by atoms with E-state index in [0.29, 0.717) is 12.4 Å². The number of carboxylic acid groups (broad SMARTS) is 1.